The number of aliphatic hydroxyl groups is 1. The quantitative estimate of drug-likeness (QED) is 0.715. The molecule has 2 rings (SSSR count). The molecule has 2 aromatic carbocycles. The Balaban J connectivity index is 2.03. The van der Waals surface area contributed by atoms with E-state index in [1.165, 1.54) is 5.56 Å². The first-order valence-corrected chi connectivity index (χ1v) is 7.71. The summed E-state index contributed by atoms with van der Waals surface area (Å²) in [7, 11) is 0. The van der Waals surface area contributed by atoms with Gasteiger partial charge < -0.3 is 5.11 Å². The van der Waals surface area contributed by atoms with Gasteiger partial charge in [-0.2, -0.15) is 0 Å². The monoisotopic (exact) mass is 416 g/mol. The molecule has 0 aliphatic rings. The summed E-state index contributed by atoms with van der Waals surface area (Å²) < 4.78 is 2.12. The minimum Gasteiger partial charge on any atom is -0.388 e. The Hall–Kier alpha value is -0.390. The van der Waals surface area contributed by atoms with Crippen LogP contribution in [0.1, 0.15) is 23.7 Å². The fourth-order valence-corrected chi connectivity index (χ4v) is 2.90. The molecule has 0 amide bonds. The predicted molar refractivity (Wildman–Crippen MR) is 86.6 cm³/mol. The lowest BCUT2D eigenvalue weighted by Crippen LogP contribution is -2.01. The first kappa shape index (κ1) is 14.0. The Morgan fingerprint density at radius 3 is 2.56 bits per heavy atom. The zero-order valence-electron chi connectivity index (χ0n) is 9.81. The van der Waals surface area contributed by atoms with Gasteiger partial charge in [0.2, 0.25) is 0 Å². The van der Waals surface area contributed by atoms with Crippen molar-refractivity contribution in [2.24, 2.45) is 0 Å². The number of hydrogen-bond donors (Lipinski definition) is 1. The largest absolute Gasteiger partial charge is 0.388 e. The van der Waals surface area contributed by atoms with Gasteiger partial charge in [0.15, 0.2) is 0 Å². The summed E-state index contributed by atoms with van der Waals surface area (Å²) in [5, 5.41) is 10.3. The first-order valence-electron chi connectivity index (χ1n) is 5.84. The van der Waals surface area contributed by atoms with Crippen molar-refractivity contribution in [3.8, 4) is 0 Å². The van der Waals surface area contributed by atoms with Gasteiger partial charge in [0, 0.05) is 8.04 Å². The average molecular weight is 417 g/mol. The van der Waals surface area contributed by atoms with Crippen molar-refractivity contribution in [2.75, 3.05) is 0 Å². The summed E-state index contributed by atoms with van der Waals surface area (Å²) in [6, 6.07) is 16.3. The maximum atomic E-state index is 10.3. The molecule has 0 spiro atoms. The number of benzene rings is 2. The van der Waals surface area contributed by atoms with Crippen molar-refractivity contribution in [1.82, 2.24) is 0 Å². The molecule has 0 radical (unpaired) electrons. The molecular weight excluding hydrogens is 403 g/mol. The fourth-order valence-electron chi connectivity index (χ4n) is 1.87. The van der Waals surface area contributed by atoms with Crippen molar-refractivity contribution < 1.29 is 5.11 Å². The molecule has 18 heavy (non-hydrogen) atoms. The third-order valence-electron chi connectivity index (χ3n) is 2.87. The van der Waals surface area contributed by atoms with Crippen LogP contribution in [-0.4, -0.2) is 5.11 Å². The van der Waals surface area contributed by atoms with E-state index in [4.69, 9.17) is 0 Å². The molecule has 1 nitrogen and oxygen atoms in total. The highest BCUT2D eigenvalue weighted by atomic mass is 127. The zero-order valence-corrected chi connectivity index (χ0v) is 13.6. The van der Waals surface area contributed by atoms with Gasteiger partial charge in [0.25, 0.3) is 0 Å². The third-order valence-corrected chi connectivity index (χ3v) is 4.26. The van der Waals surface area contributed by atoms with Crippen molar-refractivity contribution >= 4 is 38.5 Å². The van der Waals surface area contributed by atoms with Crippen molar-refractivity contribution in [3.05, 3.63) is 67.7 Å². The molecule has 3 heteroatoms. The van der Waals surface area contributed by atoms with Crippen LogP contribution in [0.2, 0.25) is 0 Å². The smallest absolute Gasteiger partial charge is 0.0804 e. The number of hydrogen-bond acceptors (Lipinski definition) is 1. The highest BCUT2D eigenvalue weighted by Gasteiger charge is 2.11. The van der Waals surface area contributed by atoms with Crippen LogP contribution in [0, 0.1) is 3.57 Å². The molecule has 0 saturated heterocycles. The summed E-state index contributed by atoms with van der Waals surface area (Å²) in [4.78, 5) is 0. The van der Waals surface area contributed by atoms with E-state index in [1.807, 2.05) is 36.4 Å². The van der Waals surface area contributed by atoms with Crippen LogP contribution >= 0.6 is 38.5 Å². The maximum Gasteiger partial charge on any atom is 0.0804 e. The van der Waals surface area contributed by atoms with Crippen molar-refractivity contribution in [2.45, 2.75) is 18.9 Å². The highest BCUT2D eigenvalue weighted by molar-refractivity contribution is 14.1. The van der Waals surface area contributed by atoms with Gasteiger partial charge in [0.05, 0.1) is 6.10 Å². The topological polar surface area (TPSA) is 20.2 Å². The van der Waals surface area contributed by atoms with Crippen LogP contribution in [0.5, 0.6) is 0 Å². The Kier molecular flexibility index (Phi) is 5.21. The first-order chi connectivity index (χ1) is 8.66. The lowest BCUT2D eigenvalue weighted by Gasteiger charge is -2.13. The highest BCUT2D eigenvalue weighted by Crippen LogP contribution is 2.28. The van der Waals surface area contributed by atoms with Crippen molar-refractivity contribution in [3.63, 3.8) is 0 Å². The lowest BCUT2D eigenvalue weighted by molar-refractivity contribution is 0.167. The van der Waals surface area contributed by atoms with E-state index < -0.39 is 6.10 Å². The molecule has 0 aromatic heterocycles. The van der Waals surface area contributed by atoms with Crippen LogP contribution < -0.4 is 0 Å². The molecule has 1 unspecified atom stereocenters. The van der Waals surface area contributed by atoms with E-state index in [2.05, 4.69) is 50.7 Å². The lowest BCUT2D eigenvalue weighted by atomic mass is 10.0. The minimum atomic E-state index is -0.422. The molecule has 1 N–H and O–H groups in total. The summed E-state index contributed by atoms with van der Waals surface area (Å²) in [6.45, 7) is 0. The minimum absolute atomic E-state index is 0.422. The molecule has 2 aromatic rings. The van der Waals surface area contributed by atoms with E-state index in [0.717, 1.165) is 26.4 Å². The number of rotatable bonds is 4. The van der Waals surface area contributed by atoms with Gasteiger partial charge in [-0.15, -0.1) is 0 Å². The van der Waals surface area contributed by atoms with Gasteiger partial charge in [-0.3, -0.25) is 0 Å². The molecule has 1 atom stereocenters. The molecule has 94 valence electrons. The normalized spacial score (nSPS) is 12.4. The molecule has 0 aliphatic carbocycles. The van der Waals surface area contributed by atoms with Gasteiger partial charge >= 0.3 is 0 Å². The molecule has 0 fully saturated rings. The second-order valence-corrected chi connectivity index (χ2v) is 6.31. The number of aliphatic hydroxyl groups excluding tert-OH is 1. The molecule has 0 heterocycles. The maximum absolute atomic E-state index is 10.3. The Morgan fingerprint density at radius 1 is 1.11 bits per heavy atom. The SMILES string of the molecule is OC(CCc1ccccc1)c1cc(I)ccc1Br. The second kappa shape index (κ2) is 6.68. The van der Waals surface area contributed by atoms with Gasteiger partial charge in [-0.05, 0) is 64.8 Å². The summed E-state index contributed by atoms with van der Waals surface area (Å²) in [5.74, 6) is 0. The van der Waals surface area contributed by atoms with E-state index in [9.17, 15) is 5.11 Å². The molecule has 0 bridgehead atoms. The van der Waals surface area contributed by atoms with E-state index in [0.29, 0.717) is 0 Å². The van der Waals surface area contributed by atoms with E-state index >= 15 is 0 Å². The van der Waals surface area contributed by atoms with Gasteiger partial charge in [0.1, 0.15) is 0 Å². The van der Waals surface area contributed by atoms with Crippen LogP contribution in [0.4, 0.5) is 0 Å². The van der Waals surface area contributed by atoms with Crippen LogP contribution in [-0.2, 0) is 6.42 Å². The van der Waals surface area contributed by atoms with Crippen molar-refractivity contribution in [1.29, 1.82) is 0 Å². The van der Waals surface area contributed by atoms with Crippen LogP contribution in [0.15, 0.2) is 53.0 Å². The zero-order chi connectivity index (χ0) is 13.0. The molecular formula is C15H14BrIO. The second-order valence-electron chi connectivity index (χ2n) is 4.21. The summed E-state index contributed by atoms with van der Waals surface area (Å²) in [5.41, 5.74) is 2.23. The van der Waals surface area contributed by atoms with E-state index in [1.54, 1.807) is 0 Å². The average Bonchev–Trinajstić information content (AvgIpc) is 2.40. The number of halogens is 2. The summed E-state index contributed by atoms with van der Waals surface area (Å²) in [6.07, 6.45) is 1.21. The summed E-state index contributed by atoms with van der Waals surface area (Å²) >= 11 is 5.76. The van der Waals surface area contributed by atoms with Gasteiger partial charge in [-0.25, -0.2) is 0 Å². The predicted octanol–water partition coefficient (Wildman–Crippen LogP) is 4.72. The Morgan fingerprint density at radius 2 is 1.83 bits per heavy atom. The van der Waals surface area contributed by atoms with Crippen LogP contribution in [0.25, 0.3) is 0 Å². The Bertz CT molecular complexity index is 513. The van der Waals surface area contributed by atoms with E-state index in [-0.39, 0.29) is 0 Å². The Labute approximate surface area is 130 Å². The third kappa shape index (κ3) is 3.80. The molecule has 0 saturated carbocycles. The standard InChI is InChI=1S/C15H14BrIO/c16-14-8-7-12(17)10-13(14)15(18)9-6-11-4-2-1-3-5-11/h1-5,7-8,10,15,18H,6,9H2. The number of aryl methyl sites for hydroxylation is 1. The molecule has 0 aliphatic heterocycles. The van der Waals surface area contributed by atoms with Gasteiger partial charge in [-0.1, -0.05) is 46.3 Å². The van der Waals surface area contributed by atoms with Crippen LogP contribution in [0.3, 0.4) is 0 Å². The fraction of sp³-hybridized carbons (Fsp3) is 0.200.